The second-order valence-corrected chi connectivity index (χ2v) is 6.14. The predicted molar refractivity (Wildman–Crippen MR) is 84.0 cm³/mol. The Balaban J connectivity index is 1.95. The van der Waals surface area contributed by atoms with Crippen LogP contribution in [0.3, 0.4) is 0 Å². The Morgan fingerprint density at radius 2 is 2.10 bits per heavy atom. The van der Waals surface area contributed by atoms with Gasteiger partial charge in [-0.1, -0.05) is 12.1 Å². The molecule has 21 heavy (non-hydrogen) atoms. The first kappa shape index (κ1) is 15.9. The largest absolute Gasteiger partial charge is 0.373 e. The van der Waals surface area contributed by atoms with Crippen molar-refractivity contribution in [2.24, 2.45) is 5.73 Å². The van der Waals surface area contributed by atoms with Crippen molar-refractivity contribution < 1.29 is 9.53 Å². The van der Waals surface area contributed by atoms with E-state index in [0.717, 1.165) is 24.3 Å². The summed E-state index contributed by atoms with van der Waals surface area (Å²) in [5.41, 5.74) is 7.22. The van der Waals surface area contributed by atoms with Crippen LogP contribution in [0.5, 0.6) is 0 Å². The number of ether oxygens (including phenoxy) is 1. The van der Waals surface area contributed by atoms with Gasteiger partial charge in [-0.05, 0) is 38.5 Å². The average molecular weight is 291 g/mol. The monoisotopic (exact) mass is 291 g/mol. The molecule has 1 unspecified atom stereocenters. The number of nitrogens with two attached hydrogens (primary N) is 1. The zero-order valence-corrected chi connectivity index (χ0v) is 13.1. The van der Waals surface area contributed by atoms with Gasteiger partial charge in [-0.2, -0.15) is 0 Å². The van der Waals surface area contributed by atoms with E-state index in [4.69, 9.17) is 10.5 Å². The number of nitrogens with zero attached hydrogens (tertiary/aromatic N) is 1. The average Bonchev–Trinajstić information content (AvgIpc) is 2.46. The molecule has 116 valence electrons. The highest BCUT2D eigenvalue weighted by Crippen LogP contribution is 2.19. The molecule has 5 heteroatoms. The minimum absolute atomic E-state index is 0.00759. The summed E-state index contributed by atoms with van der Waals surface area (Å²) in [6.45, 7) is 8.75. The number of rotatable bonds is 4. The highest BCUT2D eigenvalue weighted by atomic mass is 16.5. The van der Waals surface area contributed by atoms with Crippen molar-refractivity contribution in [3.8, 4) is 0 Å². The molecule has 1 aliphatic rings. The van der Waals surface area contributed by atoms with E-state index in [0.29, 0.717) is 13.2 Å². The number of morpholine rings is 1. The standard InChI is InChI=1S/C16H25N3O2/c1-12(19-8-9-21-16(2,3)11-19)15(20)18-14-6-4-13(10-17)5-7-14/h4-7,12H,8-11,17H2,1-3H3,(H,18,20). The Labute approximate surface area is 126 Å². The van der Waals surface area contributed by atoms with Gasteiger partial charge in [0, 0.05) is 25.3 Å². The summed E-state index contributed by atoms with van der Waals surface area (Å²) in [5.74, 6) is 0.00759. The number of carbonyl (C=O) groups excluding carboxylic acids is 1. The number of amides is 1. The minimum atomic E-state index is -0.199. The maximum Gasteiger partial charge on any atom is 0.241 e. The van der Waals surface area contributed by atoms with Crippen molar-refractivity contribution in [1.29, 1.82) is 0 Å². The van der Waals surface area contributed by atoms with Gasteiger partial charge in [-0.15, -0.1) is 0 Å². The Morgan fingerprint density at radius 3 is 2.67 bits per heavy atom. The van der Waals surface area contributed by atoms with Crippen molar-refractivity contribution in [3.05, 3.63) is 29.8 Å². The fraction of sp³-hybridized carbons (Fsp3) is 0.562. The van der Waals surface area contributed by atoms with Crippen molar-refractivity contribution >= 4 is 11.6 Å². The van der Waals surface area contributed by atoms with Crippen LogP contribution in [0.25, 0.3) is 0 Å². The Hall–Kier alpha value is -1.43. The summed E-state index contributed by atoms with van der Waals surface area (Å²) in [6.07, 6.45) is 0. The van der Waals surface area contributed by atoms with Crippen LogP contribution in [0.15, 0.2) is 24.3 Å². The molecule has 1 aromatic rings. The van der Waals surface area contributed by atoms with Crippen LogP contribution < -0.4 is 11.1 Å². The second-order valence-electron chi connectivity index (χ2n) is 6.14. The SMILES string of the molecule is CC(C(=O)Nc1ccc(CN)cc1)N1CCOC(C)(C)C1. The first-order valence-corrected chi connectivity index (χ1v) is 7.39. The van der Waals surface area contributed by atoms with E-state index in [1.54, 1.807) is 0 Å². The molecule has 0 saturated carbocycles. The highest BCUT2D eigenvalue weighted by Gasteiger charge is 2.32. The van der Waals surface area contributed by atoms with Gasteiger partial charge in [0.15, 0.2) is 0 Å². The first-order chi connectivity index (χ1) is 9.91. The summed E-state index contributed by atoms with van der Waals surface area (Å²) in [7, 11) is 0. The smallest absolute Gasteiger partial charge is 0.241 e. The first-order valence-electron chi connectivity index (χ1n) is 7.39. The zero-order valence-electron chi connectivity index (χ0n) is 13.1. The number of nitrogens with one attached hydrogen (secondary N) is 1. The number of hydrogen-bond donors (Lipinski definition) is 2. The Kier molecular flexibility index (Phi) is 4.98. The molecule has 1 aliphatic heterocycles. The van der Waals surface area contributed by atoms with E-state index >= 15 is 0 Å². The van der Waals surface area contributed by atoms with Gasteiger partial charge in [-0.25, -0.2) is 0 Å². The lowest BCUT2D eigenvalue weighted by Gasteiger charge is -2.40. The van der Waals surface area contributed by atoms with Crippen molar-refractivity contribution in [1.82, 2.24) is 4.90 Å². The number of hydrogen-bond acceptors (Lipinski definition) is 4. The highest BCUT2D eigenvalue weighted by molar-refractivity contribution is 5.94. The van der Waals surface area contributed by atoms with Crippen LogP contribution in [0.1, 0.15) is 26.3 Å². The maximum absolute atomic E-state index is 12.4. The third-order valence-electron chi connectivity index (χ3n) is 3.84. The molecule has 1 amide bonds. The molecule has 0 spiro atoms. The molecule has 0 bridgehead atoms. The molecule has 1 fully saturated rings. The Bertz CT molecular complexity index is 485. The fourth-order valence-electron chi connectivity index (χ4n) is 2.52. The molecule has 0 aliphatic carbocycles. The van der Waals surface area contributed by atoms with Gasteiger partial charge >= 0.3 is 0 Å². The number of carbonyl (C=O) groups is 1. The van der Waals surface area contributed by atoms with Gasteiger partial charge in [-0.3, -0.25) is 9.69 Å². The third-order valence-corrected chi connectivity index (χ3v) is 3.84. The van der Waals surface area contributed by atoms with Crippen molar-refractivity contribution in [2.45, 2.75) is 39.0 Å². The van der Waals surface area contributed by atoms with E-state index in [-0.39, 0.29) is 17.6 Å². The molecule has 1 saturated heterocycles. The van der Waals surface area contributed by atoms with Crippen LogP contribution in [0, 0.1) is 0 Å². The van der Waals surface area contributed by atoms with Crippen LogP contribution >= 0.6 is 0 Å². The van der Waals surface area contributed by atoms with Crippen molar-refractivity contribution in [3.63, 3.8) is 0 Å². The topological polar surface area (TPSA) is 67.6 Å². The molecule has 0 radical (unpaired) electrons. The maximum atomic E-state index is 12.4. The van der Waals surface area contributed by atoms with Gasteiger partial charge < -0.3 is 15.8 Å². The lowest BCUT2D eigenvalue weighted by Crippen LogP contribution is -2.54. The van der Waals surface area contributed by atoms with Crippen molar-refractivity contribution in [2.75, 3.05) is 25.0 Å². The molecule has 1 aromatic carbocycles. The minimum Gasteiger partial charge on any atom is -0.373 e. The van der Waals surface area contributed by atoms with Gasteiger partial charge in [0.1, 0.15) is 0 Å². The summed E-state index contributed by atoms with van der Waals surface area (Å²) < 4.78 is 5.68. The quantitative estimate of drug-likeness (QED) is 0.884. The van der Waals surface area contributed by atoms with Gasteiger partial charge in [0.05, 0.1) is 18.2 Å². The fourth-order valence-corrected chi connectivity index (χ4v) is 2.52. The molecule has 2 rings (SSSR count). The van der Waals surface area contributed by atoms with Crippen LogP contribution in [-0.2, 0) is 16.1 Å². The van der Waals surface area contributed by atoms with Gasteiger partial charge in [0.2, 0.25) is 5.91 Å². The molecular formula is C16H25N3O2. The zero-order chi connectivity index (χ0) is 15.5. The third kappa shape index (κ3) is 4.27. The predicted octanol–water partition coefficient (Wildman–Crippen LogP) is 1.58. The molecule has 0 aromatic heterocycles. The summed E-state index contributed by atoms with van der Waals surface area (Å²) in [4.78, 5) is 14.5. The van der Waals surface area contributed by atoms with E-state index in [9.17, 15) is 4.79 Å². The second kappa shape index (κ2) is 6.56. The lowest BCUT2D eigenvalue weighted by atomic mass is 10.1. The number of anilines is 1. The summed E-state index contributed by atoms with van der Waals surface area (Å²) in [6, 6.07) is 7.45. The molecular weight excluding hydrogens is 266 g/mol. The summed E-state index contributed by atoms with van der Waals surface area (Å²) >= 11 is 0. The molecule has 1 atom stereocenters. The van der Waals surface area contributed by atoms with Crippen LogP contribution in [-0.4, -0.2) is 42.1 Å². The Morgan fingerprint density at radius 1 is 1.43 bits per heavy atom. The normalized spacial score (nSPS) is 20.0. The molecule has 5 nitrogen and oxygen atoms in total. The lowest BCUT2D eigenvalue weighted by molar-refractivity contribution is -0.129. The van der Waals surface area contributed by atoms with Gasteiger partial charge in [0.25, 0.3) is 0 Å². The summed E-state index contributed by atoms with van der Waals surface area (Å²) in [5, 5.41) is 2.96. The van der Waals surface area contributed by atoms with Crippen LogP contribution in [0.2, 0.25) is 0 Å². The van der Waals surface area contributed by atoms with E-state index < -0.39 is 0 Å². The number of benzene rings is 1. The molecule has 3 N–H and O–H groups in total. The van der Waals surface area contributed by atoms with E-state index in [1.165, 1.54) is 0 Å². The van der Waals surface area contributed by atoms with E-state index in [2.05, 4.69) is 24.1 Å². The van der Waals surface area contributed by atoms with Crippen LogP contribution in [0.4, 0.5) is 5.69 Å². The molecule has 1 heterocycles. The van der Waals surface area contributed by atoms with E-state index in [1.807, 2.05) is 31.2 Å².